The van der Waals surface area contributed by atoms with Crippen molar-refractivity contribution in [3.63, 3.8) is 0 Å². The Hall–Kier alpha value is 0.430. The fourth-order valence-corrected chi connectivity index (χ4v) is 0.663. The first-order valence-corrected chi connectivity index (χ1v) is 7.05. The van der Waals surface area contributed by atoms with E-state index in [0.29, 0.717) is 0 Å². The standard InChI is InChI=1S/C6H4.BrI/c1-2-6-4-3-5(1)6;1-2/h1-4H;. The number of halogens is 2. The first kappa shape index (κ1) is 6.55. The van der Waals surface area contributed by atoms with Crippen molar-refractivity contribution in [2.45, 2.75) is 0 Å². The summed E-state index contributed by atoms with van der Waals surface area (Å²) >= 11 is 4.87. The van der Waals surface area contributed by atoms with Crippen molar-refractivity contribution in [3.05, 3.63) is 24.3 Å². The van der Waals surface area contributed by atoms with Crippen molar-refractivity contribution in [1.29, 1.82) is 0 Å². The third-order valence-electron chi connectivity index (χ3n) is 1.22. The van der Waals surface area contributed by atoms with E-state index < -0.39 is 0 Å². The number of hydrogen-bond donors (Lipinski definition) is 0. The van der Waals surface area contributed by atoms with Crippen LogP contribution in [0.2, 0.25) is 0 Å². The second-order valence-corrected chi connectivity index (χ2v) is 1.58. The van der Waals surface area contributed by atoms with Gasteiger partial charge in [-0.2, -0.15) is 0 Å². The maximum absolute atomic E-state index is 2.91. The Balaban J connectivity index is 0.000000147. The Morgan fingerprint density at radius 3 is 1.12 bits per heavy atom. The summed E-state index contributed by atoms with van der Waals surface area (Å²) in [5.74, 6) is 0. The first-order chi connectivity index (χ1) is 3.97. The molecule has 0 aliphatic heterocycles. The summed E-state index contributed by atoms with van der Waals surface area (Å²) in [6, 6.07) is 8.48. The predicted molar refractivity (Wildman–Crippen MR) is 48.4 cm³/mol. The van der Waals surface area contributed by atoms with Crippen molar-refractivity contribution < 1.29 is 0 Å². The van der Waals surface area contributed by atoms with Gasteiger partial charge < -0.3 is 0 Å². The molecule has 8 heavy (non-hydrogen) atoms. The van der Waals surface area contributed by atoms with E-state index in [9.17, 15) is 0 Å². The third-order valence-corrected chi connectivity index (χ3v) is 1.22. The highest BCUT2D eigenvalue weighted by Gasteiger charge is 2.03. The highest BCUT2D eigenvalue weighted by Crippen LogP contribution is 2.29. The molecule has 0 N–H and O–H groups in total. The average Bonchev–Trinajstić information content (AvgIpc) is 1.83. The highest BCUT2D eigenvalue weighted by molar-refractivity contribution is 14.2. The molecule has 0 saturated carbocycles. The van der Waals surface area contributed by atoms with Crippen molar-refractivity contribution in [1.82, 2.24) is 0 Å². The topological polar surface area (TPSA) is 0 Å². The van der Waals surface area contributed by atoms with E-state index in [1.807, 2.05) is 20.4 Å². The molecule has 0 saturated heterocycles. The largest absolute Gasteiger partial charge is 0.0538 e. The van der Waals surface area contributed by atoms with E-state index in [1.54, 1.807) is 0 Å². The lowest BCUT2D eigenvalue weighted by molar-refractivity contribution is 1.55. The minimum Gasteiger partial charge on any atom is -0.0538 e. The molecule has 0 heterocycles. The summed E-state index contributed by atoms with van der Waals surface area (Å²) < 4.78 is 0. The van der Waals surface area contributed by atoms with Crippen LogP contribution < -0.4 is 0 Å². The van der Waals surface area contributed by atoms with E-state index in [4.69, 9.17) is 0 Å². The molecule has 42 valence electrons. The van der Waals surface area contributed by atoms with Crippen LogP contribution in [0.1, 0.15) is 0 Å². The monoisotopic (exact) mass is 282 g/mol. The molecule has 0 unspecified atom stereocenters. The molecule has 0 aromatic carbocycles. The zero-order chi connectivity index (χ0) is 5.98. The Labute approximate surface area is 68.2 Å². The minimum absolute atomic E-state index is 1.43. The summed E-state index contributed by atoms with van der Waals surface area (Å²) in [5, 5.41) is 0. The Morgan fingerprint density at radius 1 is 0.875 bits per heavy atom. The molecule has 0 nitrogen and oxygen atoms in total. The van der Waals surface area contributed by atoms with Crippen LogP contribution in [0.3, 0.4) is 0 Å². The molecule has 2 rings (SSSR count). The quantitative estimate of drug-likeness (QED) is 0.650. The van der Waals surface area contributed by atoms with Gasteiger partial charge in [-0.05, 0) is 23.8 Å². The average molecular weight is 283 g/mol. The fraction of sp³-hybridized carbons (Fsp3) is 0. The van der Waals surface area contributed by atoms with Gasteiger partial charge in [0.15, 0.2) is 0 Å². The molecule has 2 aliphatic rings. The van der Waals surface area contributed by atoms with Crippen molar-refractivity contribution >= 4 is 33.1 Å². The van der Waals surface area contributed by atoms with Gasteiger partial charge in [0.05, 0.1) is 0 Å². The maximum atomic E-state index is 2.91. The fourth-order valence-electron chi connectivity index (χ4n) is 0.663. The van der Waals surface area contributed by atoms with Gasteiger partial charge in [-0.15, -0.1) is 0 Å². The molecule has 0 aromatic rings. The zero-order valence-corrected chi connectivity index (χ0v) is 7.81. The molecule has 2 aliphatic carbocycles. The smallest absolute Gasteiger partial charge is 0.00711 e. The van der Waals surface area contributed by atoms with Crippen LogP contribution in [-0.4, -0.2) is 0 Å². The van der Waals surface area contributed by atoms with E-state index in [-0.39, 0.29) is 0 Å². The van der Waals surface area contributed by atoms with Gasteiger partial charge >= 0.3 is 0 Å². The highest BCUT2D eigenvalue weighted by atomic mass is 127. The second-order valence-electron chi connectivity index (χ2n) is 1.58. The Kier molecular flexibility index (Phi) is 2.31. The van der Waals surface area contributed by atoms with Crippen molar-refractivity contribution in [3.8, 4) is 11.1 Å². The molecule has 2 heteroatoms. The van der Waals surface area contributed by atoms with Crippen LogP contribution in [-0.2, 0) is 0 Å². The molecule has 0 bridgehead atoms. The van der Waals surface area contributed by atoms with Crippen molar-refractivity contribution in [2.75, 3.05) is 0 Å². The van der Waals surface area contributed by atoms with E-state index >= 15 is 0 Å². The Morgan fingerprint density at radius 2 is 1.12 bits per heavy atom. The summed E-state index contributed by atoms with van der Waals surface area (Å²) in [4.78, 5) is 0. The lowest BCUT2D eigenvalue weighted by atomic mass is 9.95. The molecular weight excluding hydrogens is 279 g/mol. The van der Waals surface area contributed by atoms with Crippen molar-refractivity contribution in [2.24, 2.45) is 0 Å². The summed E-state index contributed by atoms with van der Waals surface area (Å²) in [6.45, 7) is 0. The summed E-state index contributed by atoms with van der Waals surface area (Å²) in [5.41, 5.74) is 2.85. The van der Waals surface area contributed by atoms with Gasteiger partial charge in [0.1, 0.15) is 0 Å². The van der Waals surface area contributed by atoms with Crippen LogP contribution in [0.4, 0.5) is 0 Å². The molecule has 0 atom stereocenters. The molecule has 0 aromatic heterocycles. The number of fused-ring (bicyclic) bond motifs is 1. The zero-order valence-electron chi connectivity index (χ0n) is 4.07. The second kappa shape index (κ2) is 2.82. The predicted octanol–water partition coefficient (Wildman–Crippen LogP) is 3.40. The number of hydrogen-bond acceptors (Lipinski definition) is 0. The SMILES string of the molecule is BrI.c1cc2ccc1-2. The van der Waals surface area contributed by atoms with Crippen LogP contribution in [0, 0.1) is 0 Å². The van der Waals surface area contributed by atoms with Gasteiger partial charge in [0.2, 0.25) is 0 Å². The number of benzene rings is 1. The van der Waals surface area contributed by atoms with Gasteiger partial charge in [-0.25, -0.2) is 0 Å². The summed E-state index contributed by atoms with van der Waals surface area (Å²) in [6.07, 6.45) is 0. The van der Waals surface area contributed by atoms with Gasteiger partial charge in [0, 0.05) is 20.4 Å². The normalized spacial score (nSPS) is 9.25. The van der Waals surface area contributed by atoms with E-state index in [1.165, 1.54) is 11.1 Å². The van der Waals surface area contributed by atoms with Gasteiger partial charge in [-0.3, -0.25) is 0 Å². The van der Waals surface area contributed by atoms with Crippen LogP contribution in [0.5, 0.6) is 0 Å². The van der Waals surface area contributed by atoms with Crippen LogP contribution in [0.15, 0.2) is 24.3 Å². The molecule has 0 fully saturated rings. The van der Waals surface area contributed by atoms with Crippen LogP contribution in [0.25, 0.3) is 11.1 Å². The first-order valence-electron chi connectivity index (χ1n) is 2.21. The lowest BCUT2D eigenvalue weighted by Crippen LogP contribution is -1.85. The van der Waals surface area contributed by atoms with E-state index in [2.05, 4.69) is 37.0 Å². The molecule has 0 spiro atoms. The third kappa shape index (κ3) is 0.910. The minimum atomic E-state index is 1.43. The molecule has 0 radical (unpaired) electrons. The molecular formula is C6H4BrI. The Bertz CT molecular complexity index is 147. The summed E-state index contributed by atoms with van der Waals surface area (Å²) in [7, 11) is 0. The van der Waals surface area contributed by atoms with E-state index in [0.717, 1.165) is 0 Å². The molecule has 0 amide bonds. The maximum Gasteiger partial charge on any atom is 0.00711 e. The van der Waals surface area contributed by atoms with Crippen LogP contribution >= 0.6 is 33.1 Å². The lowest BCUT2D eigenvalue weighted by Gasteiger charge is -2.10. The number of rotatable bonds is 0. The van der Waals surface area contributed by atoms with Gasteiger partial charge in [-0.1, -0.05) is 24.3 Å². The van der Waals surface area contributed by atoms with Gasteiger partial charge in [0.25, 0.3) is 0 Å².